The lowest BCUT2D eigenvalue weighted by molar-refractivity contribution is -0.146. The van der Waals surface area contributed by atoms with Crippen molar-refractivity contribution < 1.29 is 19.5 Å². The number of carbonyl (C=O) groups is 3. The van der Waals surface area contributed by atoms with Crippen molar-refractivity contribution in [1.29, 1.82) is 0 Å². The number of amides is 2. The molecule has 130 valence electrons. The maximum Gasteiger partial charge on any atom is 0.329 e. The van der Waals surface area contributed by atoms with Gasteiger partial charge in [0.1, 0.15) is 11.6 Å². The minimum Gasteiger partial charge on any atom is -0.480 e. The molecule has 7 heteroatoms. The molecule has 7 nitrogen and oxygen atoms in total. The van der Waals surface area contributed by atoms with Gasteiger partial charge in [-0.05, 0) is 12.8 Å². The number of ketones is 1. The normalized spacial score (nSPS) is 24.3. The Bertz CT molecular complexity index is 472. The molecular formula is C16H27N3O4. The SMILES string of the molecule is CC(C)C(=O)C1CNCCN1C(=O)NC1(C(=O)O)CCCCC1. The lowest BCUT2D eigenvalue weighted by Crippen LogP contribution is -2.65. The van der Waals surface area contributed by atoms with Gasteiger partial charge in [-0.15, -0.1) is 0 Å². The van der Waals surface area contributed by atoms with Crippen LogP contribution in [-0.2, 0) is 9.59 Å². The van der Waals surface area contributed by atoms with Crippen LogP contribution in [0.3, 0.4) is 0 Å². The zero-order chi connectivity index (χ0) is 17.0. The van der Waals surface area contributed by atoms with E-state index in [1.165, 1.54) is 4.90 Å². The van der Waals surface area contributed by atoms with Crippen LogP contribution < -0.4 is 10.6 Å². The van der Waals surface area contributed by atoms with Crippen LogP contribution in [0, 0.1) is 5.92 Å². The summed E-state index contributed by atoms with van der Waals surface area (Å²) in [5, 5.41) is 15.5. The van der Waals surface area contributed by atoms with Crippen LogP contribution in [0.15, 0.2) is 0 Å². The minimum absolute atomic E-state index is 0.000342. The van der Waals surface area contributed by atoms with Crippen LogP contribution in [0.5, 0.6) is 0 Å². The summed E-state index contributed by atoms with van der Waals surface area (Å²) < 4.78 is 0. The van der Waals surface area contributed by atoms with Crippen LogP contribution in [-0.4, -0.2) is 59.0 Å². The molecule has 0 aromatic heterocycles. The Morgan fingerprint density at radius 2 is 1.87 bits per heavy atom. The highest BCUT2D eigenvalue weighted by Gasteiger charge is 2.43. The minimum atomic E-state index is -1.19. The fraction of sp³-hybridized carbons (Fsp3) is 0.812. The highest BCUT2D eigenvalue weighted by molar-refractivity contribution is 5.92. The van der Waals surface area contributed by atoms with Crippen molar-refractivity contribution >= 4 is 17.8 Å². The van der Waals surface area contributed by atoms with Crippen molar-refractivity contribution in [2.75, 3.05) is 19.6 Å². The summed E-state index contributed by atoms with van der Waals surface area (Å²) in [7, 11) is 0. The second-order valence-electron chi connectivity index (χ2n) is 6.85. The molecule has 23 heavy (non-hydrogen) atoms. The van der Waals surface area contributed by atoms with E-state index in [9.17, 15) is 19.5 Å². The topological polar surface area (TPSA) is 98.7 Å². The van der Waals surface area contributed by atoms with Gasteiger partial charge in [-0.1, -0.05) is 33.1 Å². The quantitative estimate of drug-likeness (QED) is 0.716. The Hall–Kier alpha value is -1.63. The number of piperazine rings is 1. The van der Waals surface area contributed by atoms with Crippen LogP contribution in [0.2, 0.25) is 0 Å². The number of carbonyl (C=O) groups excluding carboxylic acids is 2. The van der Waals surface area contributed by atoms with Gasteiger partial charge in [0.15, 0.2) is 5.78 Å². The van der Waals surface area contributed by atoms with E-state index in [1.807, 2.05) is 13.8 Å². The van der Waals surface area contributed by atoms with Gasteiger partial charge >= 0.3 is 12.0 Å². The van der Waals surface area contributed by atoms with Gasteiger partial charge < -0.3 is 20.6 Å². The molecule has 1 atom stereocenters. The molecule has 3 N–H and O–H groups in total. The Balaban J connectivity index is 2.13. The van der Waals surface area contributed by atoms with Crippen LogP contribution in [0.4, 0.5) is 4.79 Å². The van der Waals surface area contributed by atoms with E-state index in [-0.39, 0.29) is 11.7 Å². The number of Topliss-reactive ketones (excluding diaryl/α,β-unsaturated/α-hetero) is 1. The standard InChI is InChI=1S/C16H27N3O4/c1-11(2)13(20)12-10-17-8-9-19(12)15(23)18-16(14(21)22)6-4-3-5-7-16/h11-12,17H,3-10H2,1-2H3,(H,18,23)(H,21,22). The summed E-state index contributed by atoms with van der Waals surface area (Å²) in [6.45, 7) is 5.06. The third-order valence-electron chi connectivity index (χ3n) is 4.86. The van der Waals surface area contributed by atoms with Crippen molar-refractivity contribution in [3.8, 4) is 0 Å². The third-order valence-corrected chi connectivity index (χ3v) is 4.86. The molecule has 0 aromatic rings. The van der Waals surface area contributed by atoms with E-state index in [0.717, 1.165) is 19.3 Å². The zero-order valence-corrected chi connectivity index (χ0v) is 13.9. The number of carboxylic acids is 1. The first-order valence-corrected chi connectivity index (χ1v) is 8.44. The van der Waals surface area contributed by atoms with E-state index < -0.39 is 23.6 Å². The molecule has 0 spiro atoms. The summed E-state index contributed by atoms with van der Waals surface area (Å²) in [5.74, 6) is -1.15. The lowest BCUT2D eigenvalue weighted by atomic mass is 9.82. The summed E-state index contributed by atoms with van der Waals surface area (Å²) in [4.78, 5) is 38.2. The molecule has 2 aliphatic rings. The summed E-state index contributed by atoms with van der Waals surface area (Å²) in [5.41, 5.74) is -1.19. The molecule has 0 bridgehead atoms. The predicted octanol–water partition coefficient (Wildman–Crippen LogP) is 0.982. The first-order valence-electron chi connectivity index (χ1n) is 8.44. The highest BCUT2D eigenvalue weighted by atomic mass is 16.4. The van der Waals surface area contributed by atoms with Crippen molar-refractivity contribution in [2.24, 2.45) is 5.92 Å². The van der Waals surface area contributed by atoms with Crippen molar-refractivity contribution in [2.45, 2.75) is 57.5 Å². The van der Waals surface area contributed by atoms with E-state index >= 15 is 0 Å². The number of aliphatic carboxylic acids is 1. The smallest absolute Gasteiger partial charge is 0.329 e. The number of hydrogen-bond donors (Lipinski definition) is 3. The monoisotopic (exact) mass is 325 g/mol. The molecule has 0 radical (unpaired) electrons. The molecule has 2 fully saturated rings. The largest absolute Gasteiger partial charge is 0.480 e. The first-order chi connectivity index (χ1) is 10.9. The first kappa shape index (κ1) is 17.7. The van der Waals surface area contributed by atoms with Crippen LogP contribution >= 0.6 is 0 Å². The Labute approximate surface area is 136 Å². The molecule has 1 saturated carbocycles. The van der Waals surface area contributed by atoms with Gasteiger partial charge in [0, 0.05) is 25.6 Å². The van der Waals surface area contributed by atoms with Gasteiger partial charge in [0.2, 0.25) is 0 Å². The highest BCUT2D eigenvalue weighted by Crippen LogP contribution is 2.29. The van der Waals surface area contributed by atoms with Gasteiger partial charge in [-0.25, -0.2) is 9.59 Å². The fourth-order valence-electron chi connectivity index (χ4n) is 3.41. The molecular weight excluding hydrogens is 298 g/mol. The van der Waals surface area contributed by atoms with Gasteiger partial charge in [0.25, 0.3) is 0 Å². The van der Waals surface area contributed by atoms with Gasteiger partial charge in [-0.2, -0.15) is 0 Å². The Kier molecular flexibility index (Phi) is 5.62. The molecule has 1 saturated heterocycles. The maximum absolute atomic E-state index is 12.7. The van der Waals surface area contributed by atoms with E-state index in [2.05, 4.69) is 10.6 Å². The summed E-state index contributed by atoms with van der Waals surface area (Å²) >= 11 is 0. The second-order valence-corrected chi connectivity index (χ2v) is 6.85. The van der Waals surface area contributed by atoms with Gasteiger partial charge in [-0.3, -0.25) is 4.79 Å². The number of urea groups is 1. The van der Waals surface area contributed by atoms with Crippen LogP contribution in [0.1, 0.15) is 46.0 Å². The zero-order valence-electron chi connectivity index (χ0n) is 13.9. The molecule has 0 aromatic carbocycles. The molecule has 1 aliphatic heterocycles. The Morgan fingerprint density at radius 1 is 1.22 bits per heavy atom. The van der Waals surface area contributed by atoms with Crippen molar-refractivity contribution in [3.63, 3.8) is 0 Å². The average Bonchev–Trinajstić information content (AvgIpc) is 2.54. The van der Waals surface area contributed by atoms with Crippen molar-refractivity contribution in [3.05, 3.63) is 0 Å². The van der Waals surface area contributed by atoms with E-state index in [1.54, 1.807) is 0 Å². The molecule has 1 aliphatic carbocycles. The van der Waals surface area contributed by atoms with Crippen molar-refractivity contribution in [1.82, 2.24) is 15.5 Å². The maximum atomic E-state index is 12.7. The average molecular weight is 325 g/mol. The molecule has 2 amide bonds. The number of carboxylic acid groups (broad SMARTS) is 1. The Morgan fingerprint density at radius 3 is 2.43 bits per heavy atom. The second kappa shape index (κ2) is 7.29. The number of nitrogens with one attached hydrogen (secondary N) is 2. The van der Waals surface area contributed by atoms with E-state index in [4.69, 9.17) is 0 Å². The predicted molar refractivity (Wildman–Crippen MR) is 85.2 cm³/mol. The summed E-state index contributed by atoms with van der Waals surface area (Å²) in [6.07, 6.45) is 3.48. The molecule has 1 unspecified atom stereocenters. The number of rotatable bonds is 4. The number of hydrogen-bond acceptors (Lipinski definition) is 4. The number of nitrogens with zero attached hydrogens (tertiary/aromatic N) is 1. The third kappa shape index (κ3) is 3.83. The lowest BCUT2D eigenvalue weighted by Gasteiger charge is -2.40. The fourth-order valence-corrected chi connectivity index (χ4v) is 3.41. The van der Waals surface area contributed by atoms with E-state index in [0.29, 0.717) is 32.5 Å². The van der Waals surface area contributed by atoms with Crippen LogP contribution in [0.25, 0.3) is 0 Å². The molecule has 2 rings (SSSR count). The van der Waals surface area contributed by atoms with Gasteiger partial charge in [0.05, 0.1) is 0 Å². The molecule has 1 heterocycles. The summed E-state index contributed by atoms with van der Waals surface area (Å²) in [6, 6.07) is -0.965.